The molecule has 0 saturated heterocycles. The molecule has 0 N–H and O–H groups in total. The standard InChI is InChI=1S/C24H21FN2O5/c1-14-18(9-16-10-20(30-2)22(32-4)21(11-16)31-3)23(28)27(24(29)19(14)12-26)13-15-5-7-17(25)8-6-15/h5-11H,13H2,1-4H3/b18-9+. The Morgan fingerprint density at radius 1 is 1.00 bits per heavy atom. The number of methoxy groups -OCH3 is 3. The molecular formula is C24H21FN2O5. The van der Waals surface area contributed by atoms with E-state index in [0.29, 0.717) is 28.4 Å². The minimum absolute atomic E-state index is 0.0942. The van der Waals surface area contributed by atoms with E-state index < -0.39 is 17.6 Å². The Morgan fingerprint density at radius 2 is 1.59 bits per heavy atom. The molecule has 8 heteroatoms. The summed E-state index contributed by atoms with van der Waals surface area (Å²) in [6.45, 7) is 1.45. The van der Waals surface area contributed by atoms with Crippen LogP contribution < -0.4 is 14.2 Å². The Morgan fingerprint density at radius 3 is 2.09 bits per heavy atom. The number of nitriles is 1. The van der Waals surface area contributed by atoms with Gasteiger partial charge in [0.25, 0.3) is 11.8 Å². The summed E-state index contributed by atoms with van der Waals surface area (Å²) in [5.41, 5.74) is 1.42. The van der Waals surface area contributed by atoms with E-state index in [0.717, 1.165) is 4.90 Å². The van der Waals surface area contributed by atoms with E-state index in [9.17, 15) is 19.2 Å². The maximum atomic E-state index is 13.2. The number of carbonyl (C=O) groups is 2. The molecule has 0 fully saturated rings. The topological polar surface area (TPSA) is 88.9 Å². The molecule has 1 aliphatic rings. The summed E-state index contributed by atoms with van der Waals surface area (Å²) < 4.78 is 29.3. The number of hydrogen-bond acceptors (Lipinski definition) is 6. The van der Waals surface area contributed by atoms with Crippen molar-refractivity contribution in [3.05, 3.63) is 70.1 Å². The summed E-state index contributed by atoms with van der Waals surface area (Å²) >= 11 is 0. The summed E-state index contributed by atoms with van der Waals surface area (Å²) in [6.07, 6.45) is 1.56. The van der Waals surface area contributed by atoms with Crippen molar-refractivity contribution in [3.8, 4) is 23.3 Å². The van der Waals surface area contributed by atoms with Crippen molar-refractivity contribution in [1.29, 1.82) is 5.26 Å². The molecule has 0 unspecified atom stereocenters. The van der Waals surface area contributed by atoms with E-state index in [2.05, 4.69) is 0 Å². The van der Waals surface area contributed by atoms with Gasteiger partial charge in [0, 0.05) is 5.57 Å². The molecule has 32 heavy (non-hydrogen) atoms. The molecule has 0 spiro atoms. The first-order valence-electron chi connectivity index (χ1n) is 9.58. The maximum absolute atomic E-state index is 13.2. The number of imide groups is 1. The van der Waals surface area contributed by atoms with E-state index in [4.69, 9.17) is 14.2 Å². The molecule has 2 aromatic carbocycles. The molecular weight excluding hydrogens is 415 g/mol. The zero-order chi connectivity index (χ0) is 23.4. The molecule has 2 amide bonds. The Bertz CT molecular complexity index is 1150. The van der Waals surface area contributed by atoms with Gasteiger partial charge in [0.1, 0.15) is 17.5 Å². The largest absolute Gasteiger partial charge is 0.493 e. The minimum Gasteiger partial charge on any atom is -0.493 e. The lowest BCUT2D eigenvalue weighted by atomic mass is 9.93. The summed E-state index contributed by atoms with van der Waals surface area (Å²) in [7, 11) is 4.43. The van der Waals surface area contributed by atoms with Gasteiger partial charge >= 0.3 is 0 Å². The van der Waals surface area contributed by atoms with Gasteiger partial charge in [-0.15, -0.1) is 0 Å². The molecule has 1 aliphatic heterocycles. The summed E-state index contributed by atoms with van der Waals surface area (Å²) in [6, 6.07) is 10.7. The molecule has 0 atom stereocenters. The van der Waals surface area contributed by atoms with Gasteiger partial charge in [0.2, 0.25) is 5.75 Å². The van der Waals surface area contributed by atoms with Gasteiger partial charge < -0.3 is 14.2 Å². The van der Waals surface area contributed by atoms with Crippen LogP contribution in [0.15, 0.2) is 53.1 Å². The normalized spacial score (nSPS) is 15.1. The van der Waals surface area contributed by atoms with Gasteiger partial charge in [-0.3, -0.25) is 14.5 Å². The Balaban J connectivity index is 2.10. The highest BCUT2D eigenvalue weighted by Gasteiger charge is 2.35. The number of rotatable bonds is 6. The van der Waals surface area contributed by atoms with Crippen LogP contribution in [-0.4, -0.2) is 38.0 Å². The second-order valence-corrected chi connectivity index (χ2v) is 6.95. The summed E-state index contributed by atoms with van der Waals surface area (Å²) in [4.78, 5) is 27.0. The van der Waals surface area contributed by atoms with Crippen LogP contribution in [0.3, 0.4) is 0 Å². The van der Waals surface area contributed by atoms with Gasteiger partial charge in [-0.25, -0.2) is 4.39 Å². The fourth-order valence-corrected chi connectivity index (χ4v) is 3.40. The second kappa shape index (κ2) is 9.35. The quantitative estimate of drug-likeness (QED) is 0.507. The number of nitrogens with zero attached hydrogens (tertiary/aromatic N) is 2. The van der Waals surface area contributed by atoms with Gasteiger partial charge in [-0.2, -0.15) is 5.26 Å². The van der Waals surface area contributed by atoms with Crippen molar-refractivity contribution in [2.75, 3.05) is 21.3 Å². The molecule has 3 rings (SSSR count). The van der Waals surface area contributed by atoms with Crippen molar-refractivity contribution >= 4 is 17.9 Å². The van der Waals surface area contributed by atoms with Crippen molar-refractivity contribution in [2.24, 2.45) is 0 Å². The Labute approximate surface area is 184 Å². The van der Waals surface area contributed by atoms with Crippen LogP contribution in [0.1, 0.15) is 18.1 Å². The first-order chi connectivity index (χ1) is 15.3. The Hall–Kier alpha value is -4.12. The van der Waals surface area contributed by atoms with Crippen molar-refractivity contribution in [1.82, 2.24) is 4.90 Å². The van der Waals surface area contributed by atoms with Crippen LogP contribution in [0.2, 0.25) is 0 Å². The third kappa shape index (κ3) is 4.18. The average molecular weight is 436 g/mol. The highest BCUT2D eigenvalue weighted by molar-refractivity contribution is 6.19. The molecule has 7 nitrogen and oxygen atoms in total. The van der Waals surface area contributed by atoms with Gasteiger partial charge in [0.05, 0.1) is 27.9 Å². The van der Waals surface area contributed by atoms with Crippen molar-refractivity contribution in [3.63, 3.8) is 0 Å². The maximum Gasteiger partial charge on any atom is 0.271 e. The van der Waals surface area contributed by atoms with Crippen LogP contribution in [0.4, 0.5) is 4.39 Å². The van der Waals surface area contributed by atoms with Crippen LogP contribution >= 0.6 is 0 Å². The molecule has 2 aromatic rings. The van der Waals surface area contributed by atoms with E-state index >= 15 is 0 Å². The predicted molar refractivity (Wildman–Crippen MR) is 114 cm³/mol. The van der Waals surface area contributed by atoms with E-state index in [1.807, 2.05) is 6.07 Å². The number of hydrogen-bond donors (Lipinski definition) is 0. The first-order valence-corrected chi connectivity index (χ1v) is 9.58. The number of ether oxygens (including phenoxy) is 3. The van der Waals surface area contributed by atoms with Crippen molar-refractivity contribution in [2.45, 2.75) is 13.5 Å². The number of carbonyl (C=O) groups excluding carboxylic acids is 2. The SMILES string of the molecule is COc1cc(/C=C2/C(=O)N(Cc3ccc(F)cc3)C(=O)C(C#N)=C2C)cc(OC)c1OC. The lowest BCUT2D eigenvalue weighted by Crippen LogP contribution is -2.42. The van der Waals surface area contributed by atoms with Gasteiger partial charge in [-0.05, 0) is 54.0 Å². The molecule has 0 radical (unpaired) electrons. The summed E-state index contributed by atoms with van der Waals surface area (Å²) in [5, 5.41) is 9.55. The number of benzene rings is 2. The highest BCUT2D eigenvalue weighted by atomic mass is 19.1. The average Bonchev–Trinajstić information content (AvgIpc) is 2.80. The highest BCUT2D eigenvalue weighted by Crippen LogP contribution is 2.39. The van der Waals surface area contributed by atoms with Crippen LogP contribution in [0.25, 0.3) is 6.08 Å². The predicted octanol–water partition coefficient (Wildman–Crippen LogP) is 3.64. The third-order valence-corrected chi connectivity index (χ3v) is 5.08. The second-order valence-electron chi connectivity index (χ2n) is 6.95. The third-order valence-electron chi connectivity index (χ3n) is 5.08. The van der Waals surface area contributed by atoms with Gasteiger partial charge in [0.15, 0.2) is 11.5 Å². The van der Waals surface area contributed by atoms with Crippen molar-refractivity contribution < 1.29 is 28.2 Å². The van der Waals surface area contributed by atoms with E-state index in [1.54, 1.807) is 25.1 Å². The van der Waals surface area contributed by atoms with Gasteiger partial charge in [-0.1, -0.05) is 12.1 Å². The fraction of sp³-hybridized carbons (Fsp3) is 0.208. The Kier molecular flexibility index (Phi) is 6.59. The summed E-state index contributed by atoms with van der Waals surface area (Å²) in [5.74, 6) is -0.510. The monoisotopic (exact) mass is 436 g/mol. The molecule has 164 valence electrons. The number of halogens is 1. The zero-order valence-corrected chi connectivity index (χ0v) is 18.1. The molecule has 0 aliphatic carbocycles. The number of amides is 2. The minimum atomic E-state index is -0.693. The molecule has 0 bridgehead atoms. The fourth-order valence-electron chi connectivity index (χ4n) is 3.40. The lowest BCUT2D eigenvalue weighted by molar-refractivity contribution is -0.141. The van der Waals surface area contributed by atoms with Crippen LogP contribution in [0, 0.1) is 17.1 Å². The van der Waals surface area contributed by atoms with Crippen LogP contribution in [-0.2, 0) is 16.1 Å². The molecule has 0 aromatic heterocycles. The van der Waals surface area contributed by atoms with Crippen LogP contribution in [0.5, 0.6) is 17.2 Å². The molecule has 0 saturated carbocycles. The zero-order valence-electron chi connectivity index (χ0n) is 18.1. The smallest absolute Gasteiger partial charge is 0.271 e. The van der Waals surface area contributed by atoms with E-state index in [1.165, 1.54) is 45.6 Å². The first kappa shape index (κ1) is 22.6. The molecule has 1 heterocycles. The lowest BCUT2D eigenvalue weighted by Gasteiger charge is -2.27. The van der Waals surface area contributed by atoms with E-state index in [-0.39, 0.29) is 23.3 Å².